The summed E-state index contributed by atoms with van der Waals surface area (Å²) in [7, 11) is 1.62. The highest BCUT2D eigenvalue weighted by Gasteiger charge is 2.24. The fourth-order valence-electron chi connectivity index (χ4n) is 2.93. The molecule has 2 aromatic carbocycles. The minimum atomic E-state index is -0.151. The molecule has 3 rings (SSSR count). The van der Waals surface area contributed by atoms with E-state index in [1.54, 1.807) is 7.05 Å². The quantitative estimate of drug-likeness (QED) is 0.910. The van der Waals surface area contributed by atoms with Gasteiger partial charge in [0.2, 0.25) is 0 Å². The lowest BCUT2D eigenvalue weighted by molar-refractivity contribution is 0.242. The van der Waals surface area contributed by atoms with Gasteiger partial charge in [-0.1, -0.05) is 24.3 Å². The zero-order chi connectivity index (χ0) is 14.8. The predicted molar refractivity (Wildman–Crippen MR) is 83.9 cm³/mol. The molecule has 110 valence electrons. The summed E-state index contributed by atoms with van der Waals surface area (Å²) < 4.78 is 6.00. The second kappa shape index (κ2) is 5.64. The van der Waals surface area contributed by atoms with Crippen LogP contribution in [0.15, 0.2) is 30.3 Å². The summed E-state index contributed by atoms with van der Waals surface area (Å²) in [6.07, 6.45) is 1.94. The number of carbonyl (C=O) groups excluding carboxylic acids is 1. The molecule has 0 fully saturated rings. The van der Waals surface area contributed by atoms with Crippen LogP contribution in [0.3, 0.4) is 0 Å². The number of amides is 2. The first-order valence-corrected chi connectivity index (χ1v) is 7.34. The Balaban J connectivity index is 1.92. The number of nitrogens with one attached hydrogen (secondary N) is 2. The smallest absolute Gasteiger partial charge is 0.314 e. The monoisotopic (exact) mass is 284 g/mol. The molecule has 4 heteroatoms. The van der Waals surface area contributed by atoms with Crippen LogP contribution >= 0.6 is 0 Å². The second-order valence-corrected chi connectivity index (χ2v) is 5.45. The van der Waals surface area contributed by atoms with E-state index in [0.29, 0.717) is 6.54 Å². The Morgan fingerprint density at radius 1 is 1.38 bits per heavy atom. The van der Waals surface area contributed by atoms with Crippen molar-refractivity contribution in [1.82, 2.24) is 10.6 Å². The Kier molecular flexibility index (Phi) is 3.69. The van der Waals surface area contributed by atoms with Gasteiger partial charge in [-0.25, -0.2) is 4.79 Å². The number of urea groups is 1. The van der Waals surface area contributed by atoms with Gasteiger partial charge in [-0.15, -0.1) is 0 Å². The van der Waals surface area contributed by atoms with E-state index in [-0.39, 0.29) is 12.1 Å². The van der Waals surface area contributed by atoms with Crippen LogP contribution in [-0.2, 0) is 12.8 Å². The first kappa shape index (κ1) is 13.7. The Labute approximate surface area is 124 Å². The summed E-state index contributed by atoms with van der Waals surface area (Å²) in [6.45, 7) is 2.70. The average Bonchev–Trinajstić information content (AvgIpc) is 2.89. The molecule has 0 radical (unpaired) electrons. The summed E-state index contributed by atoms with van der Waals surface area (Å²) in [5, 5.41) is 7.90. The van der Waals surface area contributed by atoms with Gasteiger partial charge in [0.05, 0.1) is 0 Å². The van der Waals surface area contributed by atoms with Gasteiger partial charge in [-0.2, -0.15) is 0 Å². The molecule has 1 aliphatic heterocycles. The summed E-state index contributed by atoms with van der Waals surface area (Å²) in [6, 6.07) is 10.4. The molecule has 0 saturated carbocycles. The van der Waals surface area contributed by atoms with Gasteiger partial charge >= 0.3 is 6.03 Å². The largest absolute Gasteiger partial charge is 0.490 e. The Hall–Kier alpha value is -2.23. The molecule has 0 aliphatic carbocycles. The van der Waals surface area contributed by atoms with Crippen molar-refractivity contribution in [2.75, 3.05) is 13.6 Å². The number of rotatable bonds is 3. The number of hydrogen-bond acceptors (Lipinski definition) is 2. The van der Waals surface area contributed by atoms with Crippen LogP contribution in [0.2, 0.25) is 0 Å². The predicted octanol–water partition coefficient (Wildman–Crippen LogP) is 2.63. The number of fused-ring (bicyclic) bond motifs is 3. The lowest BCUT2D eigenvalue weighted by Crippen LogP contribution is -2.34. The molecule has 0 spiro atoms. The van der Waals surface area contributed by atoms with E-state index < -0.39 is 0 Å². The van der Waals surface area contributed by atoms with Crippen LogP contribution in [0.1, 0.15) is 18.1 Å². The molecule has 1 unspecified atom stereocenters. The topological polar surface area (TPSA) is 50.4 Å². The number of hydrogen-bond donors (Lipinski definition) is 2. The van der Waals surface area contributed by atoms with Crippen molar-refractivity contribution in [1.29, 1.82) is 0 Å². The van der Waals surface area contributed by atoms with Crippen molar-refractivity contribution in [3.8, 4) is 5.75 Å². The highest BCUT2D eigenvalue weighted by Crippen LogP contribution is 2.38. The molecule has 2 aromatic rings. The third-order valence-electron chi connectivity index (χ3n) is 3.90. The van der Waals surface area contributed by atoms with Gasteiger partial charge in [0.25, 0.3) is 0 Å². The van der Waals surface area contributed by atoms with Crippen molar-refractivity contribution >= 4 is 16.8 Å². The Morgan fingerprint density at radius 3 is 3.00 bits per heavy atom. The maximum absolute atomic E-state index is 11.2. The van der Waals surface area contributed by atoms with Crippen LogP contribution in [0, 0.1) is 0 Å². The summed E-state index contributed by atoms with van der Waals surface area (Å²) in [4.78, 5) is 11.2. The van der Waals surface area contributed by atoms with Crippen molar-refractivity contribution in [3.63, 3.8) is 0 Å². The molecule has 1 heterocycles. The number of ether oxygens (including phenoxy) is 1. The van der Waals surface area contributed by atoms with Crippen LogP contribution in [0.5, 0.6) is 5.75 Å². The zero-order valence-electron chi connectivity index (χ0n) is 12.4. The van der Waals surface area contributed by atoms with Gasteiger partial charge in [-0.3, -0.25) is 0 Å². The van der Waals surface area contributed by atoms with Gasteiger partial charge in [0.1, 0.15) is 11.9 Å². The van der Waals surface area contributed by atoms with Crippen LogP contribution < -0.4 is 15.4 Å². The molecule has 2 N–H and O–H groups in total. The molecule has 2 amide bonds. The Bertz CT molecular complexity index is 682. The van der Waals surface area contributed by atoms with Crippen molar-refractivity contribution in [2.45, 2.75) is 25.9 Å². The molecule has 4 nitrogen and oxygen atoms in total. The number of carbonyl (C=O) groups is 1. The van der Waals surface area contributed by atoms with E-state index in [4.69, 9.17) is 4.74 Å². The maximum Gasteiger partial charge on any atom is 0.314 e. The van der Waals surface area contributed by atoms with Gasteiger partial charge in [-0.05, 0) is 35.7 Å². The maximum atomic E-state index is 11.2. The standard InChI is InChI=1S/C17H20N2O2/c1-11-9-15-14-6-4-3-5-12(14)10-13(16(15)21-11)7-8-19-17(20)18-2/h3-6,10-11H,7-9H2,1-2H3,(H2,18,19,20). The van der Waals surface area contributed by atoms with Gasteiger partial charge in [0, 0.05) is 25.6 Å². The van der Waals surface area contributed by atoms with E-state index in [2.05, 4.69) is 47.9 Å². The first-order chi connectivity index (χ1) is 10.2. The third-order valence-corrected chi connectivity index (χ3v) is 3.90. The van der Waals surface area contributed by atoms with Crippen molar-refractivity contribution < 1.29 is 9.53 Å². The minimum absolute atomic E-state index is 0.151. The second-order valence-electron chi connectivity index (χ2n) is 5.45. The lowest BCUT2D eigenvalue weighted by Gasteiger charge is -2.12. The van der Waals surface area contributed by atoms with E-state index >= 15 is 0 Å². The van der Waals surface area contributed by atoms with E-state index in [0.717, 1.165) is 18.6 Å². The molecule has 1 atom stereocenters. The zero-order valence-corrected chi connectivity index (χ0v) is 12.4. The first-order valence-electron chi connectivity index (χ1n) is 7.34. The van der Waals surface area contributed by atoms with Gasteiger partial charge < -0.3 is 15.4 Å². The normalized spacial score (nSPS) is 16.4. The average molecular weight is 284 g/mol. The van der Waals surface area contributed by atoms with Crippen molar-refractivity contribution in [3.05, 3.63) is 41.5 Å². The molecule has 21 heavy (non-hydrogen) atoms. The Morgan fingerprint density at radius 2 is 2.19 bits per heavy atom. The van der Waals surface area contributed by atoms with E-state index in [1.807, 2.05) is 0 Å². The van der Waals surface area contributed by atoms with E-state index in [9.17, 15) is 4.79 Å². The van der Waals surface area contributed by atoms with E-state index in [1.165, 1.54) is 21.9 Å². The molecule has 0 bridgehead atoms. The fraction of sp³-hybridized carbons (Fsp3) is 0.353. The summed E-state index contributed by atoms with van der Waals surface area (Å²) in [5.74, 6) is 1.01. The van der Waals surface area contributed by atoms with Crippen LogP contribution in [0.4, 0.5) is 4.79 Å². The molecular formula is C17H20N2O2. The van der Waals surface area contributed by atoms with Crippen molar-refractivity contribution in [2.24, 2.45) is 0 Å². The number of benzene rings is 2. The fourth-order valence-corrected chi connectivity index (χ4v) is 2.93. The molecule has 0 aromatic heterocycles. The minimum Gasteiger partial charge on any atom is -0.490 e. The van der Waals surface area contributed by atoms with Crippen LogP contribution in [0.25, 0.3) is 10.8 Å². The third kappa shape index (κ3) is 2.66. The molecular weight excluding hydrogens is 264 g/mol. The van der Waals surface area contributed by atoms with Crippen LogP contribution in [-0.4, -0.2) is 25.7 Å². The van der Waals surface area contributed by atoms with Gasteiger partial charge in [0.15, 0.2) is 0 Å². The highest BCUT2D eigenvalue weighted by atomic mass is 16.5. The molecule has 1 aliphatic rings. The highest BCUT2D eigenvalue weighted by molar-refractivity contribution is 5.89. The molecule has 0 saturated heterocycles. The summed E-state index contributed by atoms with van der Waals surface area (Å²) >= 11 is 0. The summed E-state index contributed by atoms with van der Waals surface area (Å²) in [5.41, 5.74) is 2.47. The SMILES string of the molecule is CNC(=O)NCCc1cc2ccccc2c2c1OC(C)C2. The lowest BCUT2D eigenvalue weighted by atomic mass is 9.96.